The Morgan fingerprint density at radius 2 is 1.83 bits per heavy atom. The van der Waals surface area contributed by atoms with Crippen LogP contribution < -0.4 is 24.0 Å². The smallest absolute Gasteiger partial charge is 0.161 e. The Labute approximate surface area is 177 Å². The van der Waals surface area contributed by atoms with Crippen molar-refractivity contribution in [2.45, 2.75) is 12.2 Å². The number of benzene rings is 2. The van der Waals surface area contributed by atoms with Gasteiger partial charge in [0, 0.05) is 5.69 Å². The Morgan fingerprint density at radius 3 is 2.57 bits per heavy atom. The summed E-state index contributed by atoms with van der Waals surface area (Å²) in [5, 5.41) is 10.4. The minimum atomic E-state index is -0.482. The molecule has 4 rings (SSSR count). The van der Waals surface area contributed by atoms with Crippen molar-refractivity contribution in [1.82, 2.24) is 0 Å². The van der Waals surface area contributed by atoms with Gasteiger partial charge in [0.05, 0.1) is 46.5 Å². The fourth-order valence-electron chi connectivity index (χ4n) is 3.95. The van der Waals surface area contributed by atoms with Crippen LogP contribution in [-0.4, -0.2) is 77.0 Å². The van der Waals surface area contributed by atoms with Crippen molar-refractivity contribution in [1.29, 1.82) is 0 Å². The topological polar surface area (TPSA) is 64.8 Å². The monoisotopic (exact) mass is 415 g/mol. The molecular weight excluding hydrogens is 384 g/mol. The molecule has 1 fully saturated rings. The van der Waals surface area contributed by atoms with Gasteiger partial charge in [0.1, 0.15) is 25.0 Å². The molecule has 1 saturated heterocycles. The third-order valence-electron chi connectivity index (χ3n) is 5.61. The summed E-state index contributed by atoms with van der Waals surface area (Å²) in [5.74, 6) is 2.39. The molecule has 0 spiro atoms. The largest absolute Gasteiger partial charge is 0.497 e. The van der Waals surface area contributed by atoms with Gasteiger partial charge in [-0.2, -0.15) is 0 Å². The van der Waals surface area contributed by atoms with Crippen molar-refractivity contribution < 1.29 is 29.0 Å². The zero-order valence-electron chi connectivity index (χ0n) is 17.5. The molecule has 2 atom stereocenters. The number of rotatable bonds is 8. The molecule has 0 aliphatic carbocycles. The highest BCUT2D eigenvalue weighted by Gasteiger charge is 2.24. The lowest BCUT2D eigenvalue weighted by molar-refractivity contribution is -0.903. The normalized spacial score (nSPS) is 20.1. The Morgan fingerprint density at radius 1 is 1.10 bits per heavy atom. The van der Waals surface area contributed by atoms with Gasteiger partial charge in [0.15, 0.2) is 17.6 Å². The van der Waals surface area contributed by atoms with Crippen LogP contribution in [0.5, 0.6) is 17.2 Å². The van der Waals surface area contributed by atoms with Gasteiger partial charge in [-0.25, -0.2) is 0 Å². The number of aliphatic hydroxyl groups excluding tert-OH is 1. The van der Waals surface area contributed by atoms with E-state index in [-0.39, 0.29) is 6.10 Å². The summed E-state index contributed by atoms with van der Waals surface area (Å²) in [7, 11) is 1.68. The second-order valence-electron chi connectivity index (χ2n) is 7.83. The minimum Gasteiger partial charge on any atom is -0.497 e. The highest BCUT2D eigenvalue weighted by Crippen LogP contribution is 2.30. The average molecular weight is 416 g/mol. The summed E-state index contributed by atoms with van der Waals surface area (Å²) < 4.78 is 22.5. The first kappa shape index (κ1) is 20.8. The zero-order valence-corrected chi connectivity index (χ0v) is 17.5. The van der Waals surface area contributed by atoms with Crippen LogP contribution in [0.4, 0.5) is 5.69 Å². The number of para-hydroxylation sites is 2. The second-order valence-corrected chi connectivity index (χ2v) is 7.83. The van der Waals surface area contributed by atoms with Gasteiger partial charge in [-0.05, 0) is 36.4 Å². The van der Waals surface area contributed by atoms with Crippen molar-refractivity contribution in [2.75, 3.05) is 64.6 Å². The van der Waals surface area contributed by atoms with E-state index in [0.29, 0.717) is 26.4 Å². The van der Waals surface area contributed by atoms with E-state index in [0.717, 1.165) is 43.4 Å². The third kappa shape index (κ3) is 5.36. The Bertz CT molecular complexity index is 792. The molecule has 0 amide bonds. The molecule has 2 heterocycles. The molecule has 2 aliphatic heterocycles. The number of hydrogen-bond acceptors (Lipinski definition) is 6. The molecule has 30 heavy (non-hydrogen) atoms. The molecule has 0 saturated carbocycles. The summed E-state index contributed by atoms with van der Waals surface area (Å²) in [6.07, 6.45) is -0.628. The van der Waals surface area contributed by atoms with E-state index in [4.69, 9.17) is 18.9 Å². The van der Waals surface area contributed by atoms with E-state index in [2.05, 4.69) is 17.0 Å². The van der Waals surface area contributed by atoms with Gasteiger partial charge in [-0.15, -0.1) is 0 Å². The predicted octanol–water partition coefficient (Wildman–Crippen LogP) is 0.618. The molecule has 2 aliphatic rings. The average Bonchev–Trinajstić information content (AvgIpc) is 2.79. The Balaban J connectivity index is 1.14. The first-order valence-electron chi connectivity index (χ1n) is 10.6. The molecule has 7 nitrogen and oxygen atoms in total. The van der Waals surface area contributed by atoms with Crippen LogP contribution in [0.1, 0.15) is 0 Å². The number of nitrogens with one attached hydrogen (secondary N) is 1. The standard InChI is InChI=1S/C23H30N2O5/c1-27-20-8-6-18(7-9-20)25-12-10-24(11-13-25)14-19(26)15-28-16-21-17-29-22-4-2-3-5-23(22)30-21/h2-9,19,21,26H,10-17H2,1H3/p+1/t19-,21+/m0/s1. The van der Waals surface area contributed by atoms with Crippen LogP contribution >= 0.6 is 0 Å². The van der Waals surface area contributed by atoms with E-state index < -0.39 is 6.10 Å². The number of fused-ring (bicyclic) bond motifs is 1. The number of hydrogen-bond donors (Lipinski definition) is 2. The third-order valence-corrected chi connectivity index (χ3v) is 5.61. The molecular formula is C23H31N2O5+. The quantitative estimate of drug-likeness (QED) is 0.659. The Kier molecular flexibility index (Phi) is 6.94. The van der Waals surface area contributed by atoms with Crippen LogP contribution in [-0.2, 0) is 4.74 Å². The van der Waals surface area contributed by atoms with Gasteiger partial charge in [0.25, 0.3) is 0 Å². The summed E-state index contributed by atoms with van der Waals surface area (Å²) in [6, 6.07) is 15.8. The second kappa shape index (κ2) is 10.0. The SMILES string of the molecule is COc1ccc(N2CC[NH+](C[C@H](O)COC[C@@H]3COc4ccccc4O3)CC2)cc1. The predicted molar refractivity (Wildman–Crippen MR) is 114 cm³/mol. The number of nitrogens with zero attached hydrogens (tertiary/aromatic N) is 1. The van der Waals surface area contributed by atoms with Crippen LogP contribution in [0.25, 0.3) is 0 Å². The number of piperazine rings is 1. The van der Waals surface area contributed by atoms with Crippen molar-refractivity contribution in [3.63, 3.8) is 0 Å². The molecule has 0 aromatic heterocycles. The molecule has 162 valence electrons. The van der Waals surface area contributed by atoms with Crippen molar-refractivity contribution in [2.24, 2.45) is 0 Å². The van der Waals surface area contributed by atoms with E-state index in [1.54, 1.807) is 7.11 Å². The molecule has 0 radical (unpaired) electrons. The summed E-state index contributed by atoms with van der Waals surface area (Å²) in [6.45, 7) is 5.83. The number of anilines is 1. The summed E-state index contributed by atoms with van der Waals surface area (Å²) in [5.41, 5.74) is 1.22. The lowest BCUT2D eigenvalue weighted by Gasteiger charge is -2.34. The van der Waals surface area contributed by atoms with Crippen LogP contribution in [0, 0.1) is 0 Å². The van der Waals surface area contributed by atoms with E-state index in [1.165, 1.54) is 10.6 Å². The maximum atomic E-state index is 10.4. The highest BCUT2D eigenvalue weighted by atomic mass is 16.6. The van der Waals surface area contributed by atoms with Crippen molar-refractivity contribution in [3.05, 3.63) is 48.5 Å². The van der Waals surface area contributed by atoms with Crippen LogP contribution in [0.2, 0.25) is 0 Å². The zero-order chi connectivity index (χ0) is 20.8. The van der Waals surface area contributed by atoms with Crippen LogP contribution in [0.15, 0.2) is 48.5 Å². The van der Waals surface area contributed by atoms with E-state index in [1.807, 2.05) is 36.4 Å². The fraction of sp³-hybridized carbons (Fsp3) is 0.478. The molecule has 2 aromatic carbocycles. The summed E-state index contributed by atoms with van der Waals surface area (Å²) >= 11 is 0. The van der Waals surface area contributed by atoms with Gasteiger partial charge < -0.3 is 33.9 Å². The Hall–Kier alpha value is -2.48. The number of aliphatic hydroxyl groups is 1. The van der Waals surface area contributed by atoms with Crippen molar-refractivity contribution in [3.8, 4) is 17.2 Å². The van der Waals surface area contributed by atoms with Crippen molar-refractivity contribution >= 4 is 5.69 Å². The van der Waals surface area contributed by atoms with Gasteiger partial charge in [0.2, 0.25) is 0 Å². The number of quaternary nitrogens is 1. The van der Waals surface area contributed by atoms with Gasteiger partial charge in [-0.3, -0.25) is 0 Å². The molecule has 0 unspecified atom stereocenters. The summed E-state index contributed by atoms with van der Waals surface area (Å²) in [4.78, 5) is 3.78. The molecule has 7 heteroatoms. The lowest BCUT2D eigenvalue weighted by Crippen LogP contribution is -3.16. The number of methoxy groups -OCH3 is 1. The highest BCUT2D eigenvalue weighted by molar-refractivity contribution is 5.49. The first-order chi connectivity index (χ1) is 14.7. The molecule has 2 aromatic rings. The molecule has 2 N–H and O–H groups in total. The number of ether oxygens (including phenoxy) is 4. The maximum absolute atomic E-state index is 10.4. The first-order valence-corrected chi connectivity index (χ1v) is 10.6. The maximum Gasteiger partial charge on any atom is 0.161 e. The molecule has 0 bridgehead atoms. The van der Waals surface area contributed by atoms with E-state index >= 15 is 0 Å². The fourth-order valence-corrected chi connectivity index (χ4v) is 3.95. The van der Waals surface area contributed by atoms with Gasteiger partial charge in [-0.1, -0.05) is 12.1 Å². The lowest BCUT2D eigenvalue weighted by atomic mass is 10.2. The van der Waals surface area contributed by atoms with Gasteiger partial charge >= 0.3 is 0 Å². The van der Waals surface area contributed by atoms with E-state index in [9.17, 15) is 5.11 Å². The minimum absolute atomic E-state index is 0.146. The van der Waals surface area contributed by atoms with Crippen LogP contribution in [0.3, 0.4) is 0 Å².